The van der Waals surface area contributed by atoms with Gasteiger partial charge in [0.2, 0.25) is 0 Å². The van der Waals surface area contributed by atoms with E-state index in [0.717, 1.165) is 22.6 Å². The summed E-state index contributed by atoms with van der Waals surface area (Å²) in [6.45, 7) is 0. The molecule has 3 nitrogen and oxygen atoms in total. The first-order valence-electron chi connectivity index (χ1n) is 17.7. The summed E-state index contributed by atoms with van der Waals surface area (Å²) in [7, 11) is 0. The summed E-state index contributed by atoms with van der Waals surface area (Å²) in [5, 5.41) is 12.8. The molecule has 1 aromatic heterocycles. The second-order valence-corrected chi connectivity index (χ2v) is 13.4. The molecule has 1 aliphatic carbocycles. The zero-order chi connectivity index (χ0) is 33.7. The predicted octanol–water partition coefficient (Wildman–Crippen LogP) is 11.2. The van der Waals surface area contributed by atoms with E-state index in [-0.39, 0.29) is 12.1 Å². The summed E-state index contributed by atoms with van der Waals surface area (Å²) >= 11 is 0. The van der Waals surface area contributed by atoms with Crippen molar-refractivity contribution in [1.82, 2.24) is 15.2 Å². The molecule has 2 heterocycles. The summed E-state index contributed by atoms with van der Waals surface area (Å²) in [5.74, 6) is 0. The van der Waals surface area contributed by atoms with Gasteiger partial charge in [-0.3, -0.25) is 0 Å². The van der Waals surface area contributed by atoms with Gasteiger partial charge in [0, 0.05) is 16.5 Å². The van der Waals surface area contributed by atoms with Gasteiger partial charge in [-0.15, -0.1) is 0 Å². The number of nitrogens with zero attached hydrogens (tertiary/aromatic N) is 1. The molecule has 0 saturated carbocycles. The molecule has 10 rings (SSSR count). The summed E-state index contributed by atoms with van der Waals surface area (Å²) in [6, 6.07) is 59.8. The van der Waals surface area contributed by atoms with Crippen LogP contribution in [0.2, 0.25) is 0 Å². The number of rotatable bonds is 5. The van der Waals surface area contributed by atoms with Crippen molar-refractivity contribution in [2.75, 3.05) is 0 Å². The zero-order valence-corrected chi connectivity index (χ0v) is 28.0. The van der Waals surface area contributed by atoms with Gasteiger partial charge < -0.3 is 15.2 Å². The standard InChI is InChI=1S/C48H35N3/c1-4-14-32(15-5-1)36-26-29-40-44(30-36)51(45-31-41(33-16-6-2-7-17-33)38-20-10-11-21-39(38)46(40)45)37-27-24-35(25-28-37)48-47(34-18-8-3-9-19-34)49-42-22-12-13-23-43(42)50-48/h1-31,42-43,49-50H. The average molecular weight is 654 g/mol. The number of aromatic nitrogens is 1. The zero-order valence-electron chi connectivity index (χ0n) is 28.0. The van der Waals surface area contributed by atoms with E-state index < -0.39 is 0 Å². The van der Waals surface area contributed by atoms with Gasteiger partial charge in [-0.2, -0.15) is 0 Å². The first-order chi connectivity index (χ1) is 25.3. The SMILES string of the molecule is C1=CC2NC(c3ccccc3)=C(c3ccc(-n4c5cc(-c6ccccc6)ccc5c5c6ccccc6c(-c6ccccc6)cc54)cc3)NC2C=C1. The van der Waals surface area contributed by atoms with Crippen molar-refractivity contribution < 1.29 is 0 Å². The second kappa shape index (κ2) is 12.1. The molecule has 3 heteroatoms. The van der Waals surface area contributed by atoms with Crippen LogP contribution >= 0.6 is 0 Å². The Bertz CT molecular complexity index is 2660. The lowest BCUT2D eigenvalue weighted by Crippen LogP contribution is -2.50. The average Bonchev–Trinajstić information content (AvgIpc) is 3.55. The van der Waals surface area contributed by atoms with Crippen LogP contribution in [-0.2, 0) is 0 Å². The normalized spacial score (nSPS) is 16.7. The molecule has 2 N–H and O–H groups in total. The van der Waals surface area contributed by atoms with E-state index in [9.17, 15) is 0 Å². The van der Waals surface area contributed by atoms with Crippen molar-refractivity contribution in [2.45, 2.75) is 12.1 Å². The van der Waals surface area contributed by atoms with Crippen LogP contribution in [0.3, 0.4) is 0 Å². The molecular weight excluding hydrogens is 619 g/mol. The van der Waals surface area contributed by atoms with Gasteiger partial charge in [0.25, 0.3) is 0 Å². The number of hydrogen-bond donors (Lipinski definition) is 2. The molecule has 0 saturated heterocycles. The fourth-order valence-electron chi connectivity index (χ4n) is 8.02. The molecule has 0 spiro atoms. The Kier molecular flexibility index (Phi) is 6.95. The highest BCUT2D eigenvalue weighted by Crippen LogP contribution is 2.42. The monoisotopic (exact) mass is 653 g/mol. The first-order valence-corrected chi connectivity index (χ1v) is 17.7. The Balaban J connectivity index is 1.21. The van der Waals surface area contributed by atoms with Crippen molar-refractivity contribution in [3.63, 3.8) is 0 Å². The molecule has 2 atom stereocenters. The first kappa shape index (κ1) is 29.3. The van der Waals surface area contributed by atoms with Crippen molar-refractivity contribution in [2.24, 2.45) is 0 Å². The molecule has 0 amide bonds. The molecule has 2 aliphatic rings. The molecule has 51 heavy (non-hydrogen) atoms. The largest absolute Gasteiger partial charge is 0.374 e. The Morgan fingerprint density at radius 3 is 1.57 bits per heavy atom. The number of fused-ring (bicyclic) bond motifs is 6. The third-order valence-corrected chi connectivity index (χ3v) is 10.4. The lowest BCUT2D eigenvalue weighted by Gasteiger charge is -2.36. The predicted molar refractivity (Wildman–Crippen MR) is 215 cm³/mol. The topological polar surface area (TPSA) is 29.0 Å². The van der Waals surface area contributed by atoms with Crippen molar-refractivity contribution in [3.05, 3.63) is 199 Å². The van der Waals surface area contributed by atoms with Gasteiger partial charge in [0.05, 0.1) is 34.5 Å². The summed E-state index contributed by atoms with van der Waals surface area (Å²) in [5.41, 5.74) is 12.9. The van der Waals surface area contributed by atoms with Crippen LogP contribution in [0.1, 0.15) is 11.1 Å². The number of hydrogen-bond acceptors (Lipinski definition) is 2. The number of allylic oxidation sites excluding steroid dienone is 2. The van der Waals surface area contributed by atoms with Gasteiger partial charge in [-0.05, 0) is 68.4 Å². The number of nitrogens with one attached hydrogen (secondary N) is 2. The van der Waals surface area contributed by atoms with E-state index in [0.29, 0.717) is 0 Å². The van der Waals surface area contributed by atoms with Gasteiger partial charge in [0.15, 0.2) is 0 Å². The molecule has 0 fully saturated rings. The lowest BCUT2D eigenvalue weighted by molar-refractivity contribution is 0.555. The minimum atomic E-state index is 0.176. The molecule has 1 aliphatic heterocycles. The maximum atomic E-state index is 3.88. The molecule has 2 unspecified atom stereocenters. The number of benzene rings is 7. The van der Waals surface area contributed by atoms with E-state index in [1.807, 2.05) is 0 Å². The van der Waals surface area contributed by atoms with Gasteiger partial charge >= 0.3 is 0 Å². The Morgan fingerprint density at radius 1 is 0.392 bits per heavy atom. The minimum absolute atomic E-state index is 0.176. The lowest BCUT2D eigenvalue weighted by atomic mass is 9.94. The molecule has 8 aromatic rings. The molecule has 7 aromatic carbocycles. The van der Waals surface area contributed by atoms with E-state index in [2.05, 4.69) is 203 Å². The van der Waals surface area contributed by atoms with Crippen molar-refractivity contribution in [3.8, 4) is 27.9 Å². The van der Waals surface area contributed by atoms with E-state index in [4.69, 9.17) is 0 Å². The third kappa shape index (κ3) is 4.97. The Hall–Kier alpha value is -6.58. The van der Waals surface area contributed by atoms with Crippen molar-refractivity contribution in [1.29, 1.82) is 0 Å². The van der Waals surface area contributed by atoms with Gasteiger partial charge in [-0.25, -0.2) is 0 Å². The molecular formula is C48H35N3. The summed E-state index contributed by atoms with van der Waals surface area (Å²) in [4.78, 5) is 0. The maximum Gasteiger partial charge on any atom is 0.0686 e. The van der Waals surface area contributed by atoms with Crippen LogP contribution in [0.15, 0.2) is 188 Å². The second-order valence-electron chi connectivity index (χ2n) is 13.4. The van der Waals surface area contributed by atoms with Crippen LogP contribution in [0.4, 0.5) is 0 Å². The molecule has 0 radical (unpaired) electrons. The van der Waals surface area contributed by atoms with Crippen LogP contribution in [0, 0.1) is 0 Å². The van der Waals surface area contributed by atoms with E-state index >= 15 is 0 Å². The summed E-state index contributed by atoms with van der Waals surface area (Å²) < 4.78 is 2.46. The quantitative estimate of drug-likeness (QED) is 0.194. The van der Waals surface area contributed by atoms with Gasteiger partial charge in [-0.1, -0.05) is 164 Å². The van der Waals surface area contributed by atoms with Crippen LogP contribution in [0.5, 0.6) is 0 Å². The highest BCUT2D eigenvalue weighted by Gasteiger charge is 2.28. The minimum Gasteiger partial charge on any atom is -0.374 e. The Morgan fingerprint density at radius 2 is 0.922 bits per heavy atom. The highest BCUT2D eigenvalue weighted by molar-refractivity contribution is 6.24. The van der Waals surface area contributed by atoms with Crippen LogP contribution < -0.4 is 10.6 Å². The fraction of sp³-hybridized carbons (Fsp3) is 0.0417. The van der Waals surface area contributed by atoms with Gasteiger partial charge in [0.1, 0.15) is 0 Å². The summed E-state index contributed by atoms with van der Waals surface area (Å²) in [6.07, 6.45) is 8.73. The molecule has 242 valence electrons. The van der Waals surface area contributed by atoms with E-state index in [1.54, 1.807) is 0 Å². The van der Waals surface area contributed by atoms with Crippen LogP contribution in [-0.4, -0.2) is 16.7 Å². The highest BCUT2D eigenvalue weighted by atomic mass is 15.1. The third-order valence-electron chi connectivity index (χ3n) is 10.4. The van der Waals surface area contributed by atoms with Crippen molar-refractivity contribution >= 4 is 44.0 Å². The Labute approximate surface area is 297 Å². The smallest absolute Gasteiger partial charge is 0.0686 e. The van der Waals surface area contributed by atoms with E-state index in [1.165, 1.54) is 60.4 Å². The maximum absolute atomic E-state index is 3.88. The molecule has 0 bridgehead atoms. The fourth-order valence-corrected chi connectivity index (χ4v) is 8.02. The van der Waals surface area contributed by atoms with Crippen LogP contribution in [0.25, 0.3) is 71.9 Å².